The first-order valence-corrected chi connectivity index (χ1v) is 5.20. The van der Waals surface area contributed by atoms with E-state index < -0.39 is 0 Å². The lowest BCUT2D eigenvalue weighted by Crippen LogP contribution is -2.30. The summed E-state index contributed by atoms with van der Waals surface area (Å²) in [5.74, 6) is 0.624. The monoisotopic (exact) mass is 210 g/mol. The fourth-order valence-corrected chi connectivity index (χ4v) is 1.43. The largest absolute Gasteiger partial charge is 0.369 e. The SMILES string of the molecule is CCC(=O)[C@@H](N)CCCn1ccnc1N. The number of hydrogen-bond acceptors (Lipinski definition) is 4. The second-order valence-electron chi connectivity index (χ2n) is 3.55. The average Bonchev–Trinajstić information content (AvgIpc) is 2.63. The van der Waals surface area contributed by atoms with Crippen molar-refractivity contribution in [3.8, 4) is 0 Å². The summed E-state index contributed by atoms with van der Waals surface area (Å²) in [6, 6.07) is -0.334. The van der Waals surface area contributed by atoms with Crippen molar-refractivity contribution in [3.63, 3.8) is 0 Å². The molecule has 0 spiro atoms. The van der Waals surface area contributed by atoms with Gasteiger partial charge in [-0.05, 0) is 12.8 Å². The Morgan fingerprint density at radius 3 is 2.93 bits per heavy atom. The molecular formula is C10H18N4O. The van der Waals surface area contributed by atoms with E-state index in [-0.39, 0.29) is 11.8 Å². The van der Waals surface area contributed by atoms with Gasteiger partial charge in [0.1, 0.15) is 5.78 Å². The number of imidazole rings is 1. The number of Topliss-reactive ketones (excluding diaryl/α,β-unsaturated/α-hetero) is 1. The average molecular weight is 210 g/mol. The molecule has 0 fully saturated rings. The van der Waals surface area contributed by atoms with Crippen molar-refractivity contribution in [2.24, 2.45) is 5.73 Å². The van der Waals surface area contributed by atoms with E-state index in [9.17, 15) is 4.79 Å². The highest BCUT2D eigenvalue weighted by molar-refractivity contribution is 5.83. The van der Waals surface area contributed by atoms with E-state index in [4.69, 9.17) is 11.5 Å². The minimum Gasteiger partial charge on any atom is -0.369 e. The van der Waals surface area contributed by atoms with Gasteiger partial charge in [-0.3, -0.25) is 4.79 Å². The summed E-state index contributed by atoms with van der Waals surface area (Å²) < 4.78 is 1.85. The molecule has 0 bridgehead atoms. The number of aryl methyl sites for hydroxylation is 1. The topological polar surface area (TPSA) is 86.9 Å². The van der Waals surface area contributed by atoms with Crippen molar-refractivity contribution in [2.45, 2.75) is 38.8 Å². The Labute approximate surface area is 89.5 Å². The maximum atomic E-state index is 11.2. The molecule has 4 N–H and O–H groups in total. The molecule has 0 aromatic carbocycles. The quantitative estimate of drug-likeness (QED) is 0.718. The van der Waals surface area contributed by atoms with Crippen molar-refractivity contribution in [3.05, 3.63) is 12.4 Å². The molecule has 5 nitrogen and oxygen atoms in total. The van der Waals surface area contributed by atoms with Gasteiger partial charge >= 0.3 is 0 Å². The van der Waals surface area contributed by atoms with E-state index in [0.717, 1.165) is 13.0 Å². The van der Waals surface area contributed by atoms with Gasteiger partial charge in [-0.1, -0.05) is 6.92 Å². The number of aromatic nitrogens is 2. The molecule has 0 aliphatic carbocycles. The van der Waals surface area contributed by atoms with Crippen molar-refractivity contribution in [1.29, 1.82) is 0 Å². The van der Waals surface area contributed by atoms with Gasteiger partial charge in [0.25, 0.3) is 0 Å². The number of nitrogens with two attached hydrogens (primary N) is 2. The fraction of sp³-hybridized carbons (Fsp3) is 0.600. The third-order valence-corrected chi connectivity index (χ3v) is 2.42. The molecule has 5 heteroatoms. The van der Waals surface area contributed by atoms with E-state index in [1.54, 1.807) is 6.20 Å². The zero-order chi connectivity index (χ0) is 11.3. The Morgan fingerprint density at radius 1 is 1.67 bits per heavy atom. The number of anilines is 1. The number of carbonyl (C=O) groups is 1. The third kappa shape index (κ3) is 3.36. The summed E-state index contributed by atoms with van der Waals surface area (Å²) in [5, 5.41) is 0. The molecule has 0 aliphatic rings. The summed E-state index contributed by atoms with van der Waals surface area (Å²) in [7, 11) is 0. The molecular weight excluding hydrogens is 192 g/mol. The van der Waals surface area contributed by atoms with Crippen LogP contribution in [0.4, 0.5) is 5.95 Å². The Kier molecular flexibility index (Phi) is 4.30. The molecule has 15 heavy (non-hydrogen) atoms. The number of hydrogen-bond donors (Lipinski definition) is 2. The molecule has 1 heterocycles. The normalized spacial score (nSPS) is 12.7. The van der Waals surface area contributed by atoms with Crippen molar-refractivity contribution < 1.29 is 4.79 Å². The Morgan fingerprint density at radius 2 is 2.40 bits per heavy atom. The van der Waals surface area contributed by atoms with Crippen LogP contribution in [0.1, 0.15) is 26.2 Å². The molecule has 0 amide bonds. The minimum absolute atomic E-state index is 0.119. The molecule has 0 aliphatic heterocycles. The zero-order valence-corrected chi connectivity index (χ0v) is 9.02. The third-order valence-electron chi connectivity index (χ3n) is 2.42. The highest BCUT2D eigenvalue weighted by Crippen LogP contribution is 2.04. The van der Waals surface area contributed by atoms with Crippen LogP contribution in [-0.2, 0) is 11.3 Å². The van der Waals surface area contributed by atoms with Crippen molar-refractivity contribution in [2.75, 3.05) is 5.73 Å². The first-order chi connectivity index (χ1) is 7.15. The predicted octanol–water partition coefficient (Wildman–Crippen LogP) is 0.552. The van der Waals surface area contributed by atoms with E-state index >= 15 is 0 Å². The van der Waals surface area contributed by atoms with Gasteiger partial charge < -0.3 is 16.0 Å². The molecule has 0 saturated carbocycles. The zero-order valence-electron chi connectivity index (χ0n) is 9.02. The molecule has 0 radical (unpaired) electrons. The fourth-order valence-electron chi connectivity index (χ4n) is 1.43. The maximum Gasteiger partial charge on any atom is 0.200 e. The Balaban J connectivity index is 2.28. The van der Waals surface area contributed by atoms with Crippen LogP contribution >= 0.6 is 0 Å². The first kappa shape index (κ1) is 11.7. The smallest absolute Gasteiger partial charge is 0.200 e. The van der Waals surface area contributed by atoms with Crippen LogP contribution in [0.15, 0.2) is 12.4 Å². The lowest BCUT2D eigenvalue weighted by molar-refractivity contribution is -0.120. The number of rotatable bonds is 6. The van der Waals surface area contributed by atoms with Crippen molar-refractivity contribution >= 4 is 11.7 Å². The molecule has 1 atom stereocenters. The van der Waals surface area contributed by atoms with Gasteiger partial charge in [-0.15, -0.1) is 0 Å². The van der Waals surface area contributed by atoms with Crippen LogP contribution in [0, 0.1) is 0 Å². The van der Waals surface area contributed by atoms with Gasteiger partial charge in [0.2, 0.25) is 0 Å². The molecule has 0 unspecified atom stereocenters. The number of nitrogens with zero attached hydrogens (tertiary/aromatic N) is 2. The molecule has 1 aromatic rings. The summed E-state index contributed by atoms with van der Waals surface area (Å²) in [5.41, 5.74) is 11.3. The van der Waals surface area contributed by atoms with Gasteiger partial charge in [0.15, 0.2) is 5.95 Å². The number of carbonyl (C=O) groups excluding carboxylic acids is 1. The second-order valence-corrected chi connectivity index (χ2v) is 3.55. The van der Waals surface area contributed by atoms with Crippen molar-refractivity contribution in [1.82, 2.24) is 9.55 Å². The first-order valence-electron chi connectivity index (χ1n) is 5.20. The van der Waals surface area contributed by atoms with Crippen LogP contribution in [-0.4, -0.2) is 21.4 Å². The summed E-state index contributed by atoms with van der Waals surface area (Å²) in [6.45, 7) is 2.59. The number of ketones is 1. The van der Waals surface area contributed by atoms with Crippen LogP contribution in [0.5, 0.6) is 0 Å². The summed E-state index contributed by atoms with van der Waals surface area (Å²) in [4.78, 5) is 15.1. The summed E-state index contributed by atoms with van der Waals surface area (Å²) >= 11 is 0. The molecule has 1 rings (SSSR count). The highest BCUT2D eigenvalue weighted by Gasteiger charge is 2.10. The molecule has 84 valence electrons. The minimum atomic E-state index is -0.334. The lowest BCUT2D eigenvalue weighted by Gasteiger charge is -2.09. The Hall–Kier alpha value is -1.36. The van der Waals surface area contributed by atoms with Gasteiger partial charge in [-0.25, -0.2) is 4.98 Å². The van der Waals surface area contributed by atoms with E-state index in [2.05, 4.69) is 4.98 Å². The van der Waals surface area contributed by atoms with E-state index in [0.29, 0.717) is 18.8 Å². The predicted molar refractivity (Wildman–Crippen MR) is 59.1 cm³/mol. The lowest BCUT2D eigenvalue weighted by atomic mass is 10.1. The second kappa shape index (κ2) is 5.50. The van der Waals surface area contributed by atoms with Gasteiger partial charge in [0.05, 0.1) is 6.04 Å². The van der Waals surface area contributed by atoms with Crippen LogP contribution in [0.3, 0.4) is 0 Å². The van der Waals surface area contributed by atoms with Crippen LogP contribution in [0.2, 0.25) is 0 Å². The number of nitrogen functional groups attached to an aromatic ring is 1. The molecule has 1 aromatic heterocycles. The highest BCUT2D eigenvalue weighted by atomic mass is 16.1. The Bertz CT molecular complexity index is 321. The standard InChI is InChI=1S/C10H18N4O/c1-2-9(15)8(11)4-3-6-14-7-5-13-10(14)12/h5,7-8H,2-4,6,11H2,1H3,(H2,12,13)/t8-/m0/s1. The van der Waals surface area contributed by atoms with Crippen LogP contribution < -0.4 is 11.5 Å². The van der Waals surface area contributed by atoms with E-state index in [1.165, 1.54) is 0 Å². The maximum absolute atomic E-state index is 11.2. The summed E-state index contributed by atoms with van der Waals surface area (Å²) in [6.07, 6.45) is 5.53. The van der Waals surface area contributed by atoms with Gasteiger partial charge in [-0.2, -0.15) is 0 Å². The van der Waals surface area contributed by atoms with Gasteiger partial charge in [0, 0.05) is 25.4 Å². The van der Waals surface area contributed by atoms with E-state index in [1.807, 2.05) is 17.7 Å². The molecule has 0 saturated heterocycles. The van der Waals surface area contributed by atoms with Crippen LogP contribution in [0.25, 0.3) is 0 Å².